The number of carbonyl (C=O) groups excluding carboxylic acids is 1. The summed E-state index contributed by atoms with van der Waals surface area (Å²) in [6.45, 7) is 3.90. The van der Waals surface area contributed by atoms with Crippen LogP contribution >= 0.6 is 11.8 Å². The van der Waals surface area contributed by atoms with E-state index in [2.05, 4.69) is 25.1 Å². The number of nitrogens with zero attached hydrogens (tertiary/aromatic N) is 4. The molecule has 2 aromatic heterocycles. The number of anilines is 1. The largest absolute Gasteiger partial charge is 0.408 e. The second-order valence-electron chi connectivity index (χ2n) is 5.29. The highest BCUT2D eigenvalue weighted by atomic mass is 32.2. The van der Waals surface area contributed by atoms with Crippen LogP contribution in [0.1, 0.15) is 44.5 Å². The number of rotatable bonds is 6. The van der Waals surface area contributed by atoms with Gasteiger partial charge in [0.1, 0.15) is 0 Å². The van der Waals surface area contributed by atoms with E-state index >= 15 is 0 Å². The molecular formula is C13H17N5O2S. The van der Waals surface area contributed by atoms with E-state index in [4.69, 9.17) is 4.42 Å². The molecular weight excluding hydrogens is 290 g/mol. The first-order chi connectivity index (χ1) is 10.1. The van der Waals surface area contributed by atoms with E-state index in [1.165, 1.54) is 24.6 Å². The van der Waals surface area contributed by atoms with Crippen LogP contribution in [0.3, 0.4) is 0 Å². The topological polar surface area (TPSA) is 85.8 Å². The van der Waals surface area contributed by atoms with E-state index in [9.17, 15) is 4.79 Å². The van der Waals surface area contributed by atoms with Gasteiger partial charge in [0.25, 0.3) is 0 Å². The zero-order valence-electron chi connectivity index (χ0n) is 11.9. The molecule has 1 saturated carbocycles. The van der Waals surface area contributed by atoms with Crippen LogP contribution < -0.4 is 5.32 Å². The summed E-state index contributed by atoms with van der Waals surface area (Å²) in [6, 6.07) is 0.706. The number of hydrogen-bond acceptors (Lipinski definition) is 6. The molecule has 1 amide bonds. The molecule has 0 aromatic carbocycles. The molecule has 2 aromatic rings. The number of thioether (sulfide) groups is 1. The Morgan fingerprint density at radius 1 is 1.52 bits per heavy atom. The molecule has 0 unspecified atom stereocenters. The Labute approximate surface area is 126 Å². The van der Waals surface area contributed by atoms with Crippen molar-refractivity contribution in [2.24, 2.45) is 0 Å². The summed E-state index contributed by atoms with van der Waals surface area (Å²) in [5, 5.41) is 11.2. The molecule has 0 bridgehead atoms. The Kier molecular flexibility index (Phi) is 3.96. The lowest BCUT2D eigenvalue weighted by atomic mass is 10.2. The lowest BCUT2D eigenvalue weighted by molar-refractivity contribution is -0.113. The molecule has 7 nitrogen and oxygen atoms in total. The number of aromatic nitrogens is 4. The van der Waals surface area contributed by atoms with Crippen molar-refractivity contribution < 1.29 is 9.21 Å². The zero-order valence-corrected chi connectivity index (χ0v) is 12.8. The molecule has 0 saturated heterocycles. The van der Waals surface area contributed by atoms with Crippen molar-refractivity contribution in [1.29, 1.82) is 0 Å². The summed E-state index contributed by atoms with van der Waals surface area (Å²) in [5.74, 6) is 0.749. The van der Waals surface area contributed by atoms with E-state index in [1.54, 1.807) is 6.20 Å². The molecule has 0 spiro atoms. The van der Waals surface area contributed by atoms with Crippen molar-refractivity contribution in [3.8, 4) is 0 Å². The van der Waals surface area contributed by atoms with E-state index in [-0.39, 0.29) is 23.6 Å². The van der Waals surface area contributed by atoms with Gasteiger partial charge >= 0.3 is 6.01 Å². The molecule has 0 radical (unpaired) electrons. The smallest absolute Gasteiger partial charge is 0.322 e. The molecule has 1 fully saturated rings. The normalized spacial score (nSPS) is 14.6. The van der Waals surface area contributed by atoms with Gasteiger partial charge in [-0.05, 0) is 12.8 Å². The number of carbonyl (C=O) groups is 1. The molecule has 8 heteroatoms. The molecule has 3 rings (SSSR count). The quantitative estimate of drug-likeness (QED) is 0.825. The maximum Gasteiger partial charge on any atom is 0.322 e. The Balaban J connectivity index is 1.52. The third-order valence-electron chi connectivity index (χ3n) is 3.09. The summed E-state index contributed by atoms with van der Waals surface area (Å²) in [4.78, 5) is 16.2. The minimum absolute atomic E-state index is 0.142. The van der Waals surface area contributed by atoms with Crippen LogP contribution in [0, 0.1) is 0 Å². The van der Waals surface area contributed by atoms with Crippen LogP contribution in [0.25, 0.3) is 0 Å². The second kappa shape index (κ2) is 5.88. The standard InChI is InChI=1S/C13H17N5O2S/c1-8(2)11-16-17-12(20-11)15-10(19)7-21-13-14-5-6-18(13)9-3-4-9/h5-6,8-9H,3-4,7H2,1-2H3,(H,15,17,19). The van der Waals surface area contributed by atoms with Crippen LogP contribution in [0.15, 0.2) is 22.0 Å². The van der Waals surface area contributed by atoms with Gasteiger partial charge in [-0.3, -0.25) is 10.1 Å². The van der Waals surface area contributed by atoms with E-state index < -0.39 is 0 Å². The highest BCUT2D eigenvalue weighted by Crippen LogP contribution is 2.37. The second-order valence-corrected chi connectivity index (χ2v) is 6.23. The van der Waals surface area contributed by atoms with Crippen molar-refractivity contribution >= 4 is 23.7 Å². The summed E-state index contributed by atoms with van der Waals surface area (Å²) in [5.41, 5.74) is 0. The first-order valence-electron chi connectivity index (χ1n) is 6.92. The van der Waals surface area contributed by atoms with Gasteiger partial charge in [0.15, 0.2) is 5.16 Å². The molecule has 112 valence electrons. The minimum Gasteiger partial charge on any atom is -0.408 e. The Hall–Kier alpha value is -1.83. The molecule has 1 N–H and O–H groups in total. The Morgan fingerprint density at radius 3 is 3.00 bits per heavy atom. The summed E-state index contributed by atoms with van der Waals surface area (Å²) < 4.78 is 7.47. The maximum absolute atomic E-state index is 11.9. The van der Waals surface area contributed by atoms with Gasteiger partial charge in [0.2, 0.25) is 11.8 Å². The van der Waals surface area contributed by atoms with Crippen molar-refractivity contribution in [3.05, 3.63) is 18.3 Å². The SMILES string of the molecule is CC(C)c1nnc(NC(=O)CSc2nccn2C2CC2)o1. The van der Waals surface area contributed by atoms with E-state index in [0.29, 0.717) is 11.9 Å². The minimum atomic E-state index is -0.177. The molecule has 21 heavy (non-hydrogen) atoms. The zero-order chi connectivity index (χ0) is 14.8. The third-order valence-corrected chi connectivity index (χ3v) is 4.07. The monoisotopic (exact) mass is 307 g/mol. The van der Waals surface area contributed by atoms with Crippen molar-refractivity contribution in [3.63, 3.8) is 0 Å². The predicted octanol–water partition coefficient (Wildman–Crippen LogP) is 2.46. The fourth-order valence-corrected chi connectivity index (χ4v) is 2.67. The summed E-state index contributed by atoms with van der Waals surface area (Å²) in [6.07, 6.45) is 6.11. The van der Waals surface area contributed by atoms with Gasteiger partial charge in [0.05, 0.1) is 5.75 Å². The van der Waals surface area contributed by atoms with Crippen LogP contribution in [-0.2, 0) is 4.79 Å². The maximum atomic E-state index is 11.9. The molecule has 2 heterocycles. The van der Waals surface area contributed by atoms with Crippen molar-refractivity contribution in [1.82, 2.24) is 19.7 Å². The van der Waals surface area contributed by atoms with Gasteiger partial charge < -0.3 is 8.98 Å². The van der Waals surface area contributed by atoms with E-state index in [0.717, 1.165) is 5.16 Å². The number of amides is 1. The van der Waals surface area contributed by atoms with Gasteiger partial charge in [-0.25, -0.2) is 4.98 Å². The fourth-order valence-electron chi connectivity index (χ4n) is 1.85. The van der Waals surface area contributed by atoms with E-state index in [1.807, 2.05) is 20.0 Å². The average molecular weight is 307 g/mol. The van der Waals surface area contributed by atoms with Gasteiger partial charge in [-0.1, -0.05) is 30.7 Å². The average Bonchev–Trinajstić information content (AvgIpc) is 3.00. The molecule has 1 aliphatic rings. The van der Waals surface area contributed by atoms with Crippen LogP contribution in [0.2, 0.25) is 0 Å². The number of nitrogens with one attached hydrogen (secondary N) is 1. The lowest BCUT2D eigenvalue weighted by Crippen LogP contribution is -2.14. The Morgan fingerprint density at radius 2 is 2.33 bits per heavy atom. The molecule has 0 aliphatic heterocycles. The Bertz CT molecular complexity index is 632. The van der Waals surface area contributed by atoms with Crippen LogP contribution in [0.5, 0.6) is 0 Å². The summed E-state index contributed by atoms with van der Waals surface area (Å²) >= 11 is 1.41. The predicted molar refractivity (Wildman–Crippen MR) is 78.2 cm³/mol. The van der Waals surface area contributed by atoms with Crippen molar-refractivity contribution in [2.75, 3.05) is 11.1 Å². The summed E-state index contributed by atoms with van der Waals surface area (Å²) in [7, 11) is 0. The molecule has 0 atom stereocenters. The lowest BCUT2D eigenvalue weighted by Gasteiger charge is -2.04. The highest BCUT2D eigenvalue weighted by molar-refractivity contribution is 7.99. The van der Waals surface area contributed by atoms with Crippen LogP contribution in [-0.4, -0.2) is 31.4 Å². The fraction of sp³-hybridized carbons (Fsp3) is 0.538. The third kappa shape index (κ3) is 3.44. The van der Waals surface area contributed by atoms with Gasteiger partial charge in [-0.2, -0.15) is 0 Å². The first kappa shape index (κ1) is 14.1. The van der Waals surface area contributed by atoms with Crippen LogP contribution in [0.4, 0.5) is 6.01 Å². The molecule has 1 aliphatic carbocycles. The van der Waals surface area contributed by atoms with Gasteiger partial charge in [-0.15, -0.1) is 5.10 Å². The highest BCUT2D eigenvalue weighted by Gasteiger charge is 2.25. The van der Waals surface area contributed by atoms with Gasteiger partial charge in [0, 0.05) is 24.4 Å². The first-order valence-corrected chi connectivity index (χ1v) is 7.91. The number of imidazole rings is 1. The number of hydrogen-bond donors (Lipinski definition) is 1. The van der Waals surface area contributed by atoms with Crippen molar-refractivity contribution in [2.45, 2.75) is 43.8 Å².